The highest BCUT2D eigenvalue weighted by molar-refractivity contribution is 7.89. The molecule has 162 valence electrons. The first-order valence-electron chi connectivity index (χ1n) is 9.81. The average molecular weight is 433 g/mol. The Kier molecular flexibility index (Phi) is 6.38. The lowest BCUT2D eigenvalue weighted by Gasteiger charge is -2.25. The molecule has 1 heterocycles. The molecular weight excluding hydrogens is 404 g/mol. The summed E-state index contributed by atoms with van der Waals surface area (Å²) in [7, 11) is -0.764. The number of anilines is 1. The molecule has 7 nitrogen and oxygen atoms in total. The van der Waals surface area contributed by atoms with E-state index in [0.717, 1.165) is 5.56 Å². The molecule has 1 aliphatic rings. The van der Waals surface area contributed by atoms with Crippen LogP contribution in [0.3, 0.4) is 0 Å². The highest BCUT2D eigenvalue weighted by Gasteiger charge is 2.40. The fourth-order valence-corrected chi connectivity index (χ4v) is 6.17. The van der Waals surface area contributed by atoms with Gasteiger partial charge in [0.1, 0.15) is 17.5 Å². The highest BCUT2D eigenvalue weighted by atomic mass is 32.2. The van der Waals surface area contributed by atoms with Gasteiger partial charge in [-0.2, -0.15) is 4.31 Å². The van der Waals surface area contributed by atoms with Crippen LogP contribution in [0.1, 0.15) is 29.5 Å². The Hall–Kier alpha value is -2.58. The number of ether oxygens (including phenoxy) is 2. The molecule has 2 aromatic rings. The Bertz CT molecular complexity index is 1040. The first-order chi connectivity index (χ1) is 14.2. The fourth-order valence-electron chi connectivity index (χ4n) is 4.10. The molecule has 3 rings (SSSR count). The van der Waals surface area contributed by atoms with Gasteiger partial charge in [-0.3, -0.25) is 4.79 Å². The summed E-state index contributed by atoms with van der Waals surface area (Å²) in [5.41, 5.74) is 2.85. The number of hydrogen-bond donors (Lipinski definition) is 1. The van der Waals surface area contributed by atoms with Crippen molar-refractivity contribution in [1.82, 2.24) is 4.31 Å². The lowest BCUT2D eigenvalue weighted by atomic mass is 10.1. The molecule has 1 N–H and O–H groups in total. The van der Waals surface area contributed by atoms with Crippen LogP contribution in [-0.2, 0) is 14.8 Å². The summed E-state index contributed by atoms with van der Waals surface area (Å²) in [4.78, 5) is 13.3. The van der Waals surface area contributed by atoms with Crippen LogP contribution in [0.4, 0.5) is 5.69 Å². The maximum absolute atomic E-state index is 13.5. The van der Waals surface area contributed by atoms with Crippen molar-refractivity contribution in [3.63, 3.8) is 0 Å². The number of hydrogen-bond acceptors (Lipinski definition) is 5. The number of amides is 1. The van der Waals surface area contributed by atoms with Crippen molar-refractivity contribution < 1.29 is 22.7 Å². The van der Waals surface area contributed by atoms with Gasteiger partial charge >= 0.3 is 0 Å². The lowest BCUT2D eigenvalue weighted by Crippen LogP contribution is -2.43. The molecule has 1 aliphatic heterocycles. The zero-order valence-electron chi connectivity index (χ0n) is 18.0. The third-order valence-corrected chi connectivity index (χ3v) is 7.56. The molecule has 30 heavy (non-hydrogen) atoms. The van der Waals surface area contributed by atoms with Crippen LogP contribution < -0.4 is 14.8 Å². The van der Waals surface area contributed by atoms with Crippen LogP contribution in [0.25, 0.3) is 0 Å². The van der Waals surface area contributed by atoms with Gasteiger partial charge in [0.05, 0.1) is 24.8 Å². The van der Waals surface area contributed by atoms with Crippen molar-refractivity contribution in [2.45, 2.75) is 44.6 Å². The maximum Gasteiger partial charge on any atom is 0.244 e. The summed E-state index contributed by atoms with van der Waals surface area (Å²) in [6.07, 6.45) is 1.09. The van der Waals surface area contributed by atoms with Crippen LogP contribution in [0, 0.1) is 20.8 Å². The molecule has 2 aromatic carbocycles. The zero-order chi connectivity index (χ0) is 22.1. The van der Waals surface area contributed by atoms with Gasteiger partial charge in [0, 0.05) is 12.6 Å². The third kappa shape index (κ3) is 4.15. The molecule has 0 aliphatic carbocycles. The Morgan fingerprint density at radius 1 is 1.07 bits per heavy atom. The quantitative estimate of drug-likeness (QED) is 0.756. The van der Waals surface area contributed by atoms with Gasteiger partial charge in [-0.25, -0.2) is 8.42 Å². The second-order valence-corrected chi connectivity index (χ2v) is 9.38. The smallest absolute Gasteiger partial charge is 0.244 e. The number of rotatable bonds is 6. The Morgan fingerprint density at radius 3 is 2.33 bits per heavy atom. The largest absolute Gasteiger partial charge is 0.497 e. The monoisotopic (exact) mass is 432 g/mol. The van der Waals surface area contributed by atoms with Crippen molar-refractivity contribution in [3.05, 3.63) is 47.0 Å². The summed E-state index contributed by atoms with van der Waals surface area (Å²) in [6.45, 7) is 5.83. The fraction of sp³-hybridized carbons (Fsp3) is 0.409. The third-order valence-electron chi connectivity index (χ3n) is 5.34. The molecule has 0 radical (unpaired) electrons. The molecule has 8 heteroatoms. The lowest BCUT2D eigenvalue weighted by molar-refractivity contribution is -0.119. The van der Waals surface area contributed by atoms with Gasteiger partial charge in [-0.15, -0.1) is 0 Å². The number of methoxy groups -OCH3 is 2. The molecule has 1 amide bonds. The first kappa shape index (κ1) is 22.1. The minimum absolute atomic E-state index is 0.287. The van der Waals surface area contributed by atoms with E-state index in [9.17, 15) is 13.2 Å². The highest BCUT2D eigenvalue weighted by Crippen LogP contribution is 2.33. The average Bonchev–Trinajstić information content (AvgIpc) is 3.18. The second-order valence-electron chi connectivity index (χ2n) is 7.56. The first-order valence-corrected chi connectivity index (χ1v) is 11.3. The molecule has 0 unspecified atom stereocenters. The predicted octanol–water partition coefficient (Wildman–Crippen LogP) is 3.42. The van der Waals surface area contributed by atoms with Gasteiger partial charge in [-0.05, 0) is 56.9 Å². The van der Waals surface area contributed by atoms with E-state index in [1.54, 1.807) is 39.2 Å². The minimum atomic E-state index is -3.81. The summed E-state index contributed by atoms with van der Waals surface area (Å²) in [5, 5.41) is 2.82. The van der Waals surface area contributed by atoms with Crippen molar-refractivity contribution in [2.75, 3.05) is 26.1 Å². The summed E-state index contributed by atoms with van der Waals surface area (Å²) < 4.78 is 38.8. The second kappa shape index (κ2) is 8.65. The number of carbonyl (C=O) groups is 1. The van der Waals surface area contributed by atoms with Crippen molar-refractivity contribution >= 4 is 21.6 Å². The van der Waals surface area contributed by atoms with Crippen molar-refractivity contribution in [2.24, 2.45) is 0 Å². The van der Waals surface area contributed by atoms with E-state index in [-0.39, 0.29) is 10.8 Å². The summed E-state index contributed by atoms with van der Waals surface area (Å²) >= 11 is 0. The van der Waals surface area contributed by atoms with Gasteiger partial charge in [0.25, 0.3) is 0 Å². The van der Waals surface area contributed by atoms with Gasteiger partial charge < -0.3 is 14.8 Å². The molecule has 0 bridgehead atoms. The van der Waals surface area contributed by atoms with E-state index < -0.39 is 16.1 Å². The Labute approximate surface area is 178 Å². The molecule has 1 fully saturated rings. The zero-order valence-corrected chi connectivity index (χ0v) is 18.8. The van der Waals surface area contributed by atoms with Gasteiger partial charge in [-0.1, -0.05) is 17.7 Å². The molecule has 0 spiro atoms. The normalized spacial score (nSPS) is 17.0. The molecule has 0 aromatic heterocycles. The van der Waals surface area contributed by atoms with Gasteiger partial charge in [0.15, 0.2) is 0 Å². The number of sulfonamides is 1. The molecular formula is C22H28N2O5S. The van der Waals surface area contributed by atoms with E-state index in [2.05, 4.69) is 5.32 Å². The van der Waals surface area contributed by atoms with Crippen LogP contribution in [-0.4, -0.2) is 45.4 Å². The van der Waals surface area contributed by atoms with Crippen molar-refractivity contribution in [1.29, 1.82) is 0 Å². The number of carbonyl (C=O) groups excluding carboxylic acids is 1. The number of nitrogens with one attached hydrogen (secondary N) is 1. The van der Waals surface area contributed by atoms with Crippen LogP contribution >= 0.6 is 0 Å². The molecule has 0 saturated carbocycles. The van der Waals surface area contributed by atoms with E-state index in [0.29, 0.717) is 47.7 Å². The topological polar surface area (TPSA) is 84.9 Å². The standard InChI is InChI=1S/C22H28N2O5S/c1-14-11-15(2)21(16(3)12-14)30(26,27)24-10-6-7-19(24)22(25)23-18-9-8-17(28-4)13-20(18)29-5/h8-9,11-13,19H,6-7,10H2,1-5H3,(H,23,25)/t19-/m1/s1. The van der Waals surface area contributed by atoms with Crippen LogP contribution in [0.15, 0.2) is 35.2 Å². The van der Waals surface area contributed by atoms with E-state index in [1.165, 1.54) is 11.4 Å². The van der Waals surface area contributed by atoms with E-state index in [4.69, 9.17) is 9.47 Å². The van der Waals surface area contributed by atoms with Crippen molar-refractivity contribution in [3.8, 4) is 11.5 Å². The minimum Gasteiger partial charge on any atom is -0.497 e. The summed E-state index contributed by atoms with van der Waals surface area (Å²) in [5.74, 6) is 0.669. The maximum atomic E-state index is 13.5. The van der Waals surface area contributed by atoms with Crippen LogP contribution in [0.2, 0.25) is 0 Å². The Morgan fingerprint density at radius 2 is 1.73 bits per heavy atom. The predicted molar refractivity (Wildman–Crippen MR) is 116 cm³/mol. The van der Waals surface area contributed by atoms with E-state index in [1.807, 2.05) is 19.1 Å². The van der Waals surface area contributed by atoms with Gasteiger partial charge in [0.2, 0.25) is 15.9 Å². The number of nitrogens with zero attached hydrogens (tertiary/aromatic N) is 1. The summed E-state index contributed by atoms with van der Waals surface area (Å²) in [6, 6.07) is 7.98. The molecule has 1 atom stereocenters. The number of benzene rings is 2. The Balaban J connectivity index is 1.90. The van der Waals surface area contributed by atoms with Crippen LogP contribution in [0.5, 0.6) is 11.5 Å². The number of aryl methyl sites for hydroxylation is 3. The SMILES string of the molecule is COc1ccc(NC(=O)[C@H]2CCCN2S(=O)(=O)c2c(C)cc(C)cc2C)c(OC)c1. The molecule has 1 saturated heterocycles. The van der Waals surface area contributed by atoms with E-state index >= 15 is 0 Å².